The molecule has 2 unspecified atom stereocenters. The summed E-state index contributed by atoms with van der Waals surface area (Å²) < 4.78 is 0. The van der Waals surface area contributed by atoms with Gasteiger partial charge in [-0.25, -0.2) is 4.79 Å². The fourth-order valence-corrected chi connectivity index (χ4v) is 4.46. The quantitative estimate of drug-likeness (QED) is 0.667. The molecule has 4 rings (SSSR count). The lowest BCUT2D eigenvalue weighted by Gasteiger charge is -2.43. The Morgan fingerprint density at radius 2 is 1.46 bits per heavy atom. The third-order valence-corrected chi connectivity index (χ3v) is 6.11. The standard InChI is InChI=1S/C20H28N4O2/c21-18-12-2-1-3-13(18)11-14(10-12)19(25)22-15-4-6-16(7-5-15)23-20(26)24-17-8-9-17/h4-7,12-14,17-18H,1-3,8-11,21H2,(H,22,25)(H2,23,24,26). The lowest BCUT2D eigenvalue weighted by atomic mass is 9.65. The molecule has 3 saturated carbocycles. The van der Waals surface area contributed by atoms with E-state index >= 15 is 0 Å². The maximum Gasteiger partial charge on any atom is 0.319 e. The number of nitrogens with two attached hydrogens (primary N) is 1. The van der Waals surface area contributed by atoms with Crippen molar-refractivity contribution in [2.24, 2.45) is 23.5 Å². The maximum absolute atomic E-state index is 12.7. The van der Waals surface area contributed by atoms with Crippen LogP contribution >= 0.6 is 0 Å². The van der Waals surface area contributed by atoms with Crippen LogP contribution in [0.15, 0.2) is 24.3 Å². The van der Waals surface area contributed by atoms with E-state index in [1.165, 1.54) is 6.42 Å². The Labute approximate surface area is 154 Å². The van der Waals surface area contributed by atoms with Crippen LogP contribution in [0.5, 0.6) is 0 Å². The van der Waals surface area contributed by atoms with E-state index in [4.69, 9.17) is 5.73 Å². The van der Waals surface area contributed by atoms with Crippen molar-refractivity contribution in [3.05, 3.63) is 24.3 Å². The molecule has 0 radical (unpaired) electrons. The average Bonchev–Trinajstić information content (AvgIpc) is 3.40. The van der Waals surface area contributed by atoms with Crippen LogP contribution in [0.4, 0.5) is 16.2 Å². The molecule has 140 valence electrons. The topological polar surface area (TPSA) is 96.2 Å². The van der Waals surface area contributed by atoms with Crippen LogP contribution in [-0.2, 0) is 4.79 Å². The van der Waals surface area contributed by atoms with Crippen LogP contribution in [0.3, 0.4) is 0 Å². The summed E-state index contributed by atoms with van der Waals surface area (Å²) >= 11 is 0. The van der Waals surface area contributed by atoms with Crippen LogP contribution in [-0.4, -0.2) is 24.0 Å². The maximum atomic E-state index is 12.7. The number of urea groups is 1. The highest BCUT2D eigenvalue weighted by atomic mass is 16.2. The molecule has 0 saturated heterocycles. The first-order chi connectivity index (χ1) is 12.6. The van der Waals surface area contributed by atoms with Gasteiger partial charge in [0.1, 0.15) is 0 Å². The first kappa shape index (κ1) is 17.3. The van der Waals surface area contributed by atoms with Gasteiger partial charge in [0.2, 0.25) is 5.91 Å². The molecule has 3 aliphatic rings. The lowest BCUT2D eigenvalue weighted by Crippen LogP contribution is -2.48. The number of amides is 3. The third kappa shape index (κ3) is 4.01. The Kier molecular flexibility index (Phi) is 4.85. The van der Waals surface area contributed by atoms with Gasteiger partial charge in [0.15, 0.2) is 0 Å². The van der Waals surface area contributed by atoms with Crippen LogP contribution in [0.2, 0.25) is 0 Å². The SMILES string of the molecule is NC1C2CCCC1CC(C(=O)Nc1ccc(NC(=O)NC3CC3)cc1)C2. The second-order valence-corrected chi connectivity index (χ2v) is 8.14. The second-order valence-electron chi connectivity index (χ2n) is 8.14. The summed E-state index contributed by atoms with van der Waals surface area (Å²) in [5.41, 5.74) is 7.81. The zero-order valence-corrected chi connectivity index (χ0v) is 15.0. The summed E-state index contributed by atoms with van der Waals surface area (Å²) in [7, 11) is 0. The number of fused-ring (bicyclic) bond motifs is 2. The first-order valence-electron chi connectivity index (χ1n) is 9.82. The smallest absolute Gasteiger partial charge is 0.319 e. The van der Waals surface area contributed by atoms with Crippen LogP contribution in [0.1, 0.15) is 44.9 Å². The van der Waals surface area contributed by atoms with Gasteiger partial charge >= 0.3 is 6.03 Å². The van der Waals surface area contributed by atoms with E-state index in [0.29, 0.717) is 17.9 Å². The minimum absolute atomic E-state index is 0.0622. The molecule has 2 atom stereocenters. The molecule has 0 aromatic heterocycles. The number of carbonyl (C=O) groups excluding carboxylic acids is 2. The number of carbonyl (C=O) groups is 2. The van der Waals surface area contributed by atoms with Gasteiger partial charge in [-0.05, 0) is 74.6 Å². The Morgan fingerprint density at radius 3 is 2.04 bits per heavy atom. The van der Waals surface area contributed by atoms with Crippen molar-refractivity contribution >= 4 is 23.3 Å². The van der Waals surface area contributed by atoms with Gasteiger partial charge in [-0.2, -0.15) is 0 Å². The summed E-state index contributed by atoms with van der Waals surface area (Å²) in [6.07, 6.45) is 7.50. The van der Waals surface area contributed by atoms with Gasteiger partial charge in [-0.3, -0.25) is 4.79 Å². The molecular formula is C20H28N4O2. The fraction of sp³-hybridized carbons (Fsp3) is 0.600. The fourth-order valence-electron chi connectivity index (χ4n) is 4.46. The van der Waals surface area contributed by atoms with Gasteiger partial charge in [-0.15, -0.1) is 0 Å². The van der Waals surface area contributed by atoms with Crippen LogP contribution in [0, 0.1) is 17.8 Å². The zero-order valence-electron chi connectivity index (χ0n) is 15.0. The first-order valence-corrected chi connectivity index (χ1v) is 9.82. The summed E-state index contributed by atoms with van der Waals surface area (Å²) in [6, 6.07) is 7.73. The second kappa shape index (κ2) is 7.27. The highest BCUT2D eigenvalue weighted by Gasteiger charge is 2.40. The Balaban J connectivity index is 1.30. The molecule has 2 bridgehead atoms. The molecule has 6 heteroatoms. The van der Waals surface area contributed by atoms with Crippen molar-refractivity contribution in [3.8, 4) is 0 Å². The number of rotatable bonds is 4. The van der Waals surface area contributed by atoms with Crippen LogP contribution < -0.4 is 21.7 Å². The minimum Gasteiger partial charge on any atom is -0.335 e. The van der Waals surface area contributed by atoms with Crippen molar-refractivity contribution in [1.82, 2.24) is 5.32 Å². The normalized spacial score (nSPS) is 30.3. The Bertz CT molecular complexity index is 657. The molecule has 26 heavy (non-hydrogen) atoms. The number of hydrogen-bond donors (Lipinski definition) is 4. The summed E-state index contributed by atoms with van der Waals surface area (Å²) in [5.74, 6) is 1.15. The number of benzene rings is 1. The Hall–Kier alpha value is -2.08. The van der Waals surface area contributed by atoms with Gasteiger partial charge in [-0.1, -0.05) is 6.42 Å². The van der Waals surface area contributed by atoms with E-state index in [0.717, 1.165) is 49.9 Å². The zero-order chi connectivity index (χ0) is 18.1. The van der Waals surface area contributed by atoms with Crippen molar-refractivity contribution in [2.75, 3.05) is 10.6 Å². The summed E-state index contributed by atoms with van der Waals surface area (Å²) in [4.78, 5) is 24.4. The van der Waals surface area contributed by atoms with Gasteiger partial charge in [0, 0.05) is 29.4 Å². The molecule has 0 heterocycles. The molecule has 1 aromatic carbocycles. The van der Waals surface area contributed by atoms with Crippen LogP contribution in [0.25, 0.3) is 0 Å². The molecule has 0 spiro atoms. The molecule has 3 fully saturated rings. The van der Waals surface area contributed by atoms with E-state index in [9.17, 15) is 9.59 Å². The number of anilines is 2. The molecular weight excluding hydrogens is 328 g/mol. The lowest BCUT2D eigenvalue weighted by molar-refractivity contribution is -0.122. The Morgan fingerprint density at radius 1 is 0.885 bits per heavy atom. The largest absolute Gasteiger partial charge is 0.335 e. The van der Waals surface area contributed by atoms with E-state index in [2.05, 4.69) is 16.0 Å². The number of nitrogens with one attached hydrogen (secondary N) is 3. The summed E-state index contributed by atoms with van der Waals surface area (Å²) in [6.45, 7) is 0. The predicted molar refractivity (Wildman–Crippen MR) is 102 cm³/mol. The van der Waals surface area contributed by atoms with Gasteiger partial charge < -0.3 is 21.7 Å². The molecule has 3 amide bonds. The third-order valence-electron chi connectivity index (χ3n) is 6.11. The van der Waals surface area contributed by atoms with Crippen molar-refractivity contribution in [2.45, 2.75) is 57.0 Å². The number of hydrogen-bond acceptors (Lipinski definition) is 3. The van der Waals surface area contributed by atoms with E-state index < -0.39 is 0 Å². The van der Waals surface area contributed by atoms with Gasteiger partial charge in [0.25, 0.3) is 0 Å². The molecule has 6 nitrogen and oxygen atoms in total. The van der Waals surface area contributed by atoms with Crippen molar-refractivity contribution in [3.63, 3.8) is 0 Å². The monoisotopic (exact) mass is 356 g/mol. The molecule has 5 N–H and O–H groups in total. The minimum atomic E-state index is -0.172. The molecule has 3 aliphatic carbocycles. The van der Waals surface area contributed by atoms with E-state index in [1.807, 2.05) is 24.3 Å². The van der Waals surface area contributed by atoms with E-state index in [-0.39, 0.29) is 23.9 Å². The predicted octanol–water partition coefficient (Wildman–Crippen LogP) is 3.06. The highest BCUT2D eigenvalue weighted by Crippen LogP contribution is 2.42. The van der Waals surface area contributed by atoms with Crippen molar-refractivity contribution < 1.29 is 9.59 Å². The van der Waals surface area contributed by atoms with E-state index in [1.54, 1.807) is 0 Å². The van der Waals surface area contributed by atoms with Crippen molar-refractivity contribution in [1.29, 1.82) is 0 Å². The average molecular weight is 356 g/mol. The highest BCUT2D eigenvalue weighted by molar-refractivity contribution is 5.93. The molecule has 0 aliphatic heterocycles. The molecule has 1 aromatic rings. The van der Waals surface area contributed by atoms with Gasteiger partial charge in [0.05, 0.1) is 0 Å². The summed E-state index contributed by atoms with van der Waals surface area (Å²) in [5, 5.41) is 8.73.